The molecule has 0 saturated heterocycles. The molecule has 3 nitrogen and oxygen atoms in total. The molecule has 0 aliphatic heterocycles. The number of rotatable bonds is 7. The summed E-state index contributed by atoms with van der Waals surface area (Å²) in [7, 11) is 1.63. The van der Waals surface area contributed by atoms with Crippen LogP contribution in [0.2, 0.25) is 0 Å². The molecule has 0 fully saturated rings. The SMILES string of the molecule is C=C(C)CCNC(CO)COC. The van der Waals surface area contributed by atoms with Crippen LogP contribution in [0.5, 0.6) is 0 Å². The second-order valence-corrected chi connectivity index (χ2v) is 3.00. The van der Waals surface area contributed by atoms with Crippen LogP contribution in [-0.4, -0.2) is 38.0 Å². The van der Waals surface area contributed by atoms with Gasteiger partial charge in [0, 0.05) is 7.11 Å². The molecule has 0 amide bonds. The van der Waals surface area contributed by atoms with Gasteiger partial charge in [-0.3, -0.25) is 0 Å². The number of hydrogen-bond acceptors (Lipinski definition) is 3. The molecular formula is C9H19NO2. The average molecular weight is 173 g/mol. The maximum atomic E-state index is 8.86. The van der Waals surface area contributed by atoms with E-state index in [1.165, 1.54) is 0 Å². The van der Waals surface area contributed by atoms with Gasteiger partial charge < -0.3 is 15.2 Å². The number of hydrogen-bond donors (Lipinski definition) is 2. The molecule has 0 rings (SSSR count). The highest BCUT2D eigenvalue weighted by molar-refractivity contribution is 4.88. The van der Waals surface area contributed by atoms with Crippen molar-refractivity contribution in [3.63, 3.8) is 0 Å². The van der Waals surface area contributed by atoms with E-state index >= 15 is 0 Å². The first-order chi connectivity index (χ1) is 5.70. The molecule has 0 aliphatic rings. The topological polar surface area (TPSA) is 41.5 Å². The monoisotopic (exact) mass is 173 g/mol. The van der Waals surface area contributed by atoms with Crippen molar-refractivity contribution in [2.45, 2.75) is 19.4 Å². The van der Waals surface area contributed by atoms with Gasteiger partial charge in [0.15, 0.2) is 0 Å². The molecule has 72 valence electrons. The van der Waals surface area contributed by atoms with Crippen molar-refractivity contribution in [1.29, 1.82) is 0 Å². The van der Waals surface area contributed by atoms with Gasteiger partial charge in [-0.2, -0.15) is 0 Å². The molecule has 0 radical (unpaired) electrons. The van der Waals surface area contributed by atoms with Gasteiger partial charge in [-0.05, 0) is 19.9 Å². The summed E-state index contributed by atoms with van der Waals surface area (Å²) >= 11 is 0. The van der Waals surface area contributed by atoms with Gasteiger partial charge in [-0.25, -0.2) is 0 Å². The third-order valence-corrected chi connectivity index (χ3v) is 1.57. The Morgan fingerprint density at radius 3 is 2.75 bits per heavy atom. The van der Waals surface area contributed by atoms with E-state index in [9.17, 15) is 0 Å². The predicted octanol–water partition coefficient (Wildman–Crippen LogP) is 0.549. The van der Waals surface area contributed by atoms with Crippen LogP contribution in [-0.2, 0) is 4.74 Å². The summed E-state index contributed by atoms with van der Waals surface area (Å²) in [6.07, 6.45) is 0.945. The third-order valence-electron chi connectivity index (χ3n) is 1.57. The van der Waals surface area contributed by atoms with Crippen LogP contribution in [0.4, 0.5) is 0 Å². The molecule has 0 spiro atoms. The van der Waals surface area contributed by atoms with Crippen LogP contribution in [0.1, 0.15) is 13.3 Å². The zero-order valence-electron chi connectivity index (χ0n) is 7.97. The Kier molecular flexibility index (Phi) is 7.05. The van der Waals surface area contributed by atoms with E-state index in [1.54, 1.807) is 7.11 Å². The van der Waals surface area contributed by atoms with Crippen molar-refractivity contribution in [3.05, 3.63) is 12.2 Å². The van der Waals surface area contributed by atoms with Crippen molar-refractivity contribution >= 4 is 0 Å². The highest BCUT2D eigenvalue weighted by Gasteiger charge is 2.04. The number of aliphatic hydroxyl groups excluding tert-OH is 1. The Morgan fingerprint density at radius 1 is 1.67 bits per heavy atom. The summed E-state index contributed by atoms with van der Waals surface area (Å²) in [4.78, 5) is 0. The van der Waals surface area contributed by atoms with Gasteiger partial charge >= 0.3 is 0 Å². The Hall–Kier alpha value is -0.380. The first kappa shape index (κ1) is 11.6. The Morgan fingerprint density at radius 2 is 2.33 bits per heavy atom. The molecule has 2 N–H and O–H groups in total. The molecule has 0 aromatic rings. The van der Waals surface area contributed by atoms with Gasteiger partial charge in [-0.1, -0.05) is 5.57 Å². The second kappa shape index (κ2) is 7.28. The average Bonchev–Trinajstić information content (AvgIpc) is 2.02. The third kappa shape index (κ3) is 6.34. The molecule has 0 aromatic heterocycles. The zero-order valence-corrected chi connectivity index (χ0v) is 7.97. The Labute approximate surface area is 74.4 Å². The lowest BCUT2D eigenvalue weighted by molar-refractivity contribution is 0.129. The fourth-order valence-corrected chi connectivity index (χ4v) is 0.867. The van der Waals surface area contributed by atoms with Gasteiger partial charge in [0.1, 0.15) is 0 Å². The molecule has 0 heterocycles. The van der Waals surface area contributed by atoms with Crippen LogP contribution < -0.4 is 5.32 Å². The molecule has 3 heteroatoms. The maximum Gasteiger partial charge on any atom is 0.0638 e. The van der Waals surface area contributed by atoms with Crippen molar-refractivity contribution in [2.24, 2.45) is 0 Å². The fraction of sp³-hybridized carbons (Fsp3) is 0.778. The van der Waals surface area contributed by atoms with Crippen molar-refractivity contribution in [2.75, 3.05) is 26.9 Å². The lowest BCUT2D eigenvalue weighted by atomic mass is 10.2. The highest BCUT2D eigenvalue weighted by Crippen LogP contribution is 1.93. The minimum atomic E-state index is 0.0503. The minimum Gasteiger partial charge on any atom is -0.395 e. The molecule has 1 atom stereocenters. The van der Waals surface area contributed by atoms with Gasteiger partial charge in [-0.15, -0.1) is 6.58 Å². The predicted molar refractivity (Wildman–Crippen MR) is 50.2 cm³/mol. The lowest BCUT2D eigenvalue weighted by Crippen LogP contribution is -2.37. The Bertz CT molecular complexity index is 126. The zero-order chi connectivity index (χ0) is 9.40. The van der Waals surface area contributed by atoms with E-state index in [-0.39, 0.29) is 12.6 Å². The van der Waals surface area contributed by atoms with Crippen LogP contribution in [0.3, 0.4) is 0 Å². The normalized spacial score (nSPS) is 12.9. The van der Waals surface area contributed by atoms with E-state index in [0.29, 0.717) is 6.61 Å². The van der Waals surface area contributed by atoms with Crippen molar-refractivity contribution in [1.82, 2.24) is 5.32 Å². The number of methoxy groups -OCH3 is 1. The summed E-state index contributed by atoms with van der Waals surface area (Å²) in [5.74, 6) is 0. The Balaban J connectivity index is 3.37. The van der Waals surface area contributed by atoms with Crippen LogP contribution in [0.25, 0.3) is 0 Å². The molecule has 0 saturated carbocycles. The van der Waals surface area contributed by atoms with Crippen molar-refractivity contribution in [3.8, 4) is 0 Å². The number of aliphatic hydroxyl groups is 1. The van der Waals surface area contributed by atoms with Gasteiger partial charge in [0.2, 0.25) is 0 Å². The van der Waals surface area contributed by atoms with Crippen LogP contribution in [0.15, 0.2) is 12.2 Å². The fourth-order valence-electron chi connectivity index (χ4n) is 0.867. The molecule has 12 heavy (non-hydrogen) atoms. The summed E-state index contributed by atoms with van der Waals surface area (Å²) in [6.45, 7) is 7.30. The lowest BCUT2D eigenvalue weighted by Gasteiger charge is -2.14. The van der Waals surface area contributed by atoms with E-state index < -0.39 is 0 Å². The van der Waals surface area contributed by atoms with Gasteiger partial charge in [0.05, 0.1) is 19.3 Å². The first-order valence-electron chi connectivity index (χ1n) is 4.18. The quantitative estimate of drug-likeness (QED) is 0.552. The number of ether oxygens (including phenoxy) is 1. The minimum absolute atomic E-state index is 0.0503. The number of nitrogens with one attached hydrogen (secondary N) is 1. The van der Waals surface area contributed by atoms with E-state index in [0.717, 1.165) is 18.5 Å². The van der Waals surface area contributed by atoms with E-state index in [4.69, 9.17) is 9.84 Å². The maximum absolute atomic E-state index is 8.86. The summed E-state index contributed by atoms with van der Waals surface area (Å²) in [6, 6.07) is 0.0503. The summed E-state index contributed by atoms with van der Waals surface area (Å²) < 4.78 is 4.91. The first-order valence-corrected chi connectivity index (χ1v) is 4.18. The van der Waals surface area contributed by atoms with E-state index in [2.05, 4.69) is 11.9 Å². The molecule has 0 aliphatic carbocycles. The molecule has 0 bridgehead atoms. The molecule has 0 aromatic carbocycles. The smallest absolute Gasteiger partial charge is 0.0638 e. The second-order valence-electron chi connectivity index (χ2n) is 3.00. The van der Waals surface area contributed by atoms with Crippen LogP contribution in [0, 0.1) is 0 Å². The molecular weight excluding hydrogens is 154 g/mol. The summed E-state index contributed by atoms with van der Waals surface area (Å²) in [5, 5.41) is 12.0. The summed E-state index contributed by atoms with van der Waals surface area (Å²) in [5.41, 5.74) is 1.15. The van der Waals surface area contributed by atoms with Crippen molar-refractivity contribution < 1.29 is 9.84 Å². The van der Waals surface area contributed by atoms with Gasteiger partial charge in [0.25, 0.3) is 0 Å². The largest absolute Gasteiger partial charge is 0.395 e. The molecule has 1 unspecified atom stereocenters. The van der Waals surface area contributed by atoms with E-state index in [1.807, 2.05) is 6.92 Å². The van der Waals surface area contributed by atoms with Crippen LogP contribution >= 0.6 is 0 Å². The standard InChI is InChI=1S/C9H19NO2/c1-8(2)4-5-10-9(6-11)7-12-3/h9-11H,1,4-7H2,2-3H3. The highest BCUT2D eigenvalue weighted by atomic mass is 16.5.